The van der Waals surface area contributed by atoms with Crippen LogP contribution in [0.25, 0.3) is 23.0 Å². The summed E-state index contributed by atoms with van der Waals surface area (Å²) in [4.78, 5) is 20.9. The standard InChI is InChI=1S/C17H13BrFN5O3/c18-9-5-8-11(6-10(9)19)26-4-3-24-13(12(14(20)25)21-16(8)24)17-22-15(23-27-17)7-1-2-7/h5-7H,1-4H2,(H2,20,25). The van der Waals surface area contributed by atoms with Gasteiger partial charge in [-0.1, -0.05) is 5.16 Å². The van der Waals surface area contributed by atoms with Crippen molar-refractivity contribution < 1.29 is 18.4 Å². The van der Waals surface area contributed by atoms with Crippen molar-refractivity contribution >= 4 is 21.8 Å². The van der Waals surface area contributed by atoms with E-state index in [4.69, 9.17) is 15.0 Å². The molecule has 2 N–H and O–H groups in total. The van der Waals surface area contributed by atoms with Crippen LogP contribution in [-0.2, 0) is 6.54 Å². The number of halogens is 2. The number of carbonyl (C=O) groups excluding carboxylic acids is 1. The molecule has 0 atom stereocenters. The van der Waals surface area contributed by atoms with E-state index < -0.39 is 11.7 Å². The van der Waals surface area contributed by atoms with Gasteiger partial charge in [0.25, 0.3) is 11.8 Å². The molecule has 1 amide bonds. The first kappa shape index (κ1) is 16.4. The maximum Gasteiger partial charge on any atom is 0.277 e. The molecule has 0 saturated heterocycles. The number of carbonyl (C=O) groups is 1. The molecule has 8 nitrogen and oxygen atoms in total. The number of fused-ring (bicyclic) bond motifs is 3. The number of benzene rings is 1. The Balaban J connectivity index is 1.74. The number of primary amides is 1. The SMILES string of the molecule is NC(=O)c1nc2n(c1-c1nc(C3CC3)no1)CCOc1cc(F)c(Br)cc1-2. The lowest BCUT2D eigenvalue weighted by Gasteiger charge is -2.07. The average molecular weight is 434 g/mol. The molecule has 1 aliphatic carbocycles. The number of aromatic nitrogens is 4. The zero-order valence-corrected chi connectivity index (χ0v) is 15.5. The van der Waals surface area contributed by atoms with Gasteiger partial charge in [0.15, 0.2) is 11.5 Å². The number of nitrogens with two attached hydrogens (primary N) is 1. The minimum absolute atomic E-state index is 0.0318. The Kier molecular flexibility index (Phi) is 3.58. The molecule has 1 fully saturated rings. The predicted octanol–water partition coefficient (Wildman–Crippen LogP) is 2.87. The highest BCUT2D eigenvalue weighted by Crippen LogP contribution is 2.41. The van der Waals surface area contributed by atoms with E-state index in [0.29, 0.717) is 41.1 Å². The van der Waals surface area contributed by atoms with Crippen LogP contribution in [0.2, 0.25) is 0 Å². The van der Waals surface area contributed by atoms with Crippen molar-refractivity contribution in [3.8, 4) is 28.7 Å². The Bertz CT molecular complexity index is 1090. The van der Waals surface area contributed by atoms with Crippen LogP contribution in [0.3, 0.4) is 0 Å². The van der Waals surface area contributed by atoms with E-state index in [2.05, 4.69) is 31.1 Å². The first-order valence-corrected chi connectivity index (χ1v) is 9.18. The highest BCUT2D eigenvalue weighted by Gasteiger charge is 2.33. The first-order valence-electron chi connectivity index (χ1n) is 8.39. The second-order valence-corrected chi connectivity index (χ2v) is 7.35. The summed E-state index contributed by atoms with van der Waals surface area (Å²) in [7, 11) is 0. The summed E-state index contributed by atoms with van der Waals surface area (Å²) < 4.78 is 27.0. The second kappa shape index (κ2) is 5.88. The number of amides is 1. The molecule has 2 aliphatic rings. The van der Waals surface area contributed by atoms with Crippen molar-refractivity contribution in [1.29, 1.82) is 0 Å². The van der Waals surface area contributed by atoms with Crippen molar-refractivity contribution in [1.82, 2.24) is 19.7 Å². The molecule has 5 rings (SSSR count). The summed E-state index contributed by atoms with van der Waals surface area (Å²) in [6, 6.07) is 2.85. The van der Waals surface area contributed by atoms with Crippen LogP contribution in [0.15, 0.2) is 21.1 Å². The first-order chi connectivity index (χ1) is 13.0. The molecule has 3 aromatic rings. The minimum atomic E-state index is -0.708. The largest absolute Gasteiger partial charge is 0.491 e. The van der Waals surface area contributed by atoms with E-state index in [9.17, 15) is 9.18 Å². The smallest absolute Gasteiger partial charge is 0.277 e. The fourth-order valence-electron chi connectivity index (χ4n) is 3.17. The molecule has 3 heterocycles. The van der Waals surface area contributed by atoms with Gasteiger partial charge in [-0.3, -0.25) is 4.79 Å². The third kappa shape index (κ3) is 2.62. The Labute approximate surface area is 160 Å². The van der Waals surface area contributed by atoms with Crippen molar-refractivity contribution in [3.63, 3.8) is 0 Å². The van der Waals surface area contributed by atoms with Gasteiger partial charge in [0.05, 0.1) is 16.6 Å². The molecule has 1 aliphatic heterocycles. The van der Waals surface area contributed by atoms with Crippen molar-refractivity contribution in [2.75, 3.05) is 6.61 Å². The van der Waals surface area contributed by atoms with E-state index in [1.54, 1.807) is 10.6 Å². The molecule has 27 heavy (non-hydrogen) atoms. The van der Waals surface area contributed by atoms with Crippen LogP contribution in [0.1, 0.15) is 35.1 Å². The highest BCUT2D eigenvalue weighted by molar-refractivity contribution is 9.10. The van der Waals surface area contributed by atoms with Crippen LogP contribution in [-0.4, -0.2) is 32.2 Å². The number of nitrogens with zero attached hydrogens (tertiary/aromatic N) is 4. The molecule has 2 aromatic heterocycles. The maximum atomic E-state index is 13.9. The molecule has 10 heteroatoms. The van der Waals surface area contributed by atoms with Gasteiger partial charge < -0.3 is 19.6 Å². The maximum absolute atomic E-state index is 13.9. The summed E-state index contributed by atoms with van der Waals surface area (Å²) >= 11 is 3.18. The van der Waals surface area contributed by atoms with Crippen LogP contribution in [0.4, 0.5) is 4.39 Å². The van der Waals surface area contributed by atoms with Gasteiger partial charge in [-0.25, -0.2) is 9.37 Å². The normalized spacial score (nSPS) is 15.6. The minimum Gasteiger partial charge on any atom is -0.491 e. The summed E-state index contributed by atoms with van der Waals surface area (Å²) in [6.45, 7) is 0.617. The molecule has 1 saturated carbocycles. The van der Waals surface area contributed by atoms with E-state index in [1.165, 1.54) is 6.07 Å². The Morgan fingerprint density at radius 1 is 1.33 bits per heavy atom. The fourth-order valence-corrected chi connectivity index (χ4v) is 3.52. The highest BCUT2D eigenvalue weighted by atomic mass is 79.9. The van der Waals surface area contributed by atoms with E-state index in [-0.39, 0.29) is 22.7 Å². The van der Waals surface area contributed by atoms with Crippen LogP contribution in [0.5, 0.6) is 5.75 Å². The number of hydrogen-bond donors (Lipinski definition) is 1. The molecule has 0 unspecified atom stereocenters. The van der Waals surface area contributed by atoms with Crippen LogP contribution in [0, 0.1) is 5.82 Å². The van der Waals surface area contributed by atoms with Gasteiger partial charge in [0.1, 0.15) is 29.7 Å². The number of rotatable bonds is 3. The molecule has 1 aromatic carbocycles. The Hall–Kier alpha value is -2.75. The average Bonchev–Trinajstić information content (AvgIpc) is 3.28. The Morgan fingerprint density at radius 3 is 2.89 bits per heavy atom. The van der Waals surface area contributed by atoms with Gasteiger partial charge in [-0.2, -0.15) is 4.98 Å². The van der Waals surface area contributed by atoms with E-state index >= 15 is 0 Å². The predicted molar refractivity (Wildman–Crippen MR) is 94.6 cm³/mol. The number of hydrogen-bond acceptors (Lipinski definition) is 6. The van der Waals surface area contributed by atoms with Gasteiger partial charge >= 0.3 is 0 Å². The molecule has 138 valence electrons. The summed E-state index contributed by atoms with van der Waals surface area (Å²) in [5, 5.41) is 4.01. The molecule has 0 radical (unpaired) electrons. The number of ether oxygens (including phenoxy) is 1. The lowest BCUT2D eigenvalue weighted by atomic mass is 10.2. The lowest BCUT2D eigenvalue weighted by molar-refractivity contribution is 0.0996. The van der Waals surface area contributed by atoms with Crippen molar-refractivity contribution in [2.24, 2.45) is 5.73 Å². The second-order valence-electron chi connectivity index (χ2n) is 6.49. The van der Waals surface area contributed by atoms with E-state index in [0.717, 1.165) is 12.8 Å². The third-order valence-corrected chi connectivity index (χ3v) is 5.23. The van der Waals surface area contributed by atoms with Gasteiger partial charge in [-0.15, -0.1) is 0 Å². The monoisotopic (exact) mass is 433 g/mol. The third-order valence-electron chi connectivity index (χ3n) is 4.62. The van der Waals surface area contributed by atoms with Crippen molar-refractivity contribution in [2.45, 2.75) is 25.3 Å². The summed E-state index contributed by atoms with van der Waals surface area (Å²) in [6.07, 6.45) is 2.04. The van der Waals surface area contributed by atoms with E-state index in [1.807, 2.05) is 0 Å². The fraction of sp³-hybridized carbons (Fsp3) is 0.294. The molecule has 0 bridgehead atoms. The molecular formula is C17H13BrFN5O3. The van der Waals surface area contributed by atoms with Crippen LogP contribution < -0.4 is 10.5 Å². The summed E-state index contributed by atoms with van der Waals surface area (Å²) in [5.41, 5.74) is 6.48. The van der Waals surface area contributed by atoms with Crippen LogP contribution >= 0.6 is 15.9 Å². The Morgan fingerprint density at radius 2 is 2.15 bits per heavy atom. The lowest BCUT2D eigenvalue weighted by Crippen LogP contribution is -2.14. The quantitative estimate of drug-likeness (QED) is 0.679. The number of imidazole rings is 1. The van der Waals surface area contributed by atoms with Gasteiger partial charge in [-0.05, 0) is 34.8 Å². The van der Waals surface area contributed by atoms with Crippen molar-refractivity contribution in [3.05, 3.63) is 33.9 Å². The zero-order valence-electron chi connectivity index (χ0n) is 13.9. The topological polar surface area (TPSA) is 109 Å². The van der Waals surface area contributed by atoms with Gasteiger partial charge in [0.2, 0.25) is 0 Å². The summed E-state index contributed by atoms with van der Waals surface area (Å²) in [5.74, 6) is 0.717. The molecule has 0 spiro atoms. The molecular weight excluding hydrogens is 421 g/mol. The zero-order chi connectivity index (χ0) is 18.7. The van der Waals surface area contributed by atoms with Gasteiger partial charge in [0, 0.05) is 12.0 Å².